The minimum Gasteiger partial charge on any atom is -0.310 e. The highest BCUT2D eigenvalue weighted by Gasteiger charge is 2.10. The monoisotopic (exact) mass is 219 g/mol. The summed E-state index contributed by atoms with van der Waals surface area (Å²) in [5.74, 6) is 0.897. The first-order chi connectivity index (χ1) is 7.88. The molecule has 1 N–H and O–H groups in total. The summed E-state index contributed by atoms with van der Waals surface area (Å²) in [7, 11) is 1.96. The van der Waals surface area contributed by atoms with Gasteiger partial charge in [0.05, 0.1) is 6.04 Å². The molecule has 3 heteroatoms. The van der Waals surface area contributed by atoms with Crippen molar-refractivity contribution in [2.45, 2.75) is 38.1 Å². The molecule has 0 aliphatic carbocycles. The van der Waals surface area contributed by atoms with Crippen LogP contribution in [0.2, 0.25) is 0 Å². The van der Waals surface area contributed by atoms with E-state index in [4.69, 9.17) is 0 Å². The Hall–Kier alpha value is -1.22. The van der Waals surface area contributed by atoms with E-state index in [9.17, 15) is 0 Å². The second kappa shape index (κ2) is 7.99. The molecule has 0 radical (unpaired) electrons. The van der Waals surface area contributed by atoms with Gasteiger partial charge in [0.1, 0.15) is 5.82 Å². The van der Waals surface area contributed by atoms with Crippen LogP contribution in [0.1, 0.15) is 44.0 Å². The highest BCUT2D eigenvalue weighted by molar-refractivity contribution is 4.95. The highest BCUT2D eigenvalue weighted by Crippen LogP contribution is 2.15. The number of hydrogen-bond acceptors (Lipinski definition) is 3. The van der Waals surface area contributed by atoms with Crippen molar-refractivity contribution in [2.24, 2.45) is 0 Å². The molecule has 16 heavy (non-hydrogen) atoms. The van der Waals surface area contributed by atoms with Crippen molar-refractivity contribution in [2.75, 3.05) is 7.05 Å². The zero-order chi connectivity index (χ0) is 11.6. The Morgan fingerprint density at radius 1 is 1.31 bits per heavy atom. The van der Waals surface area contributed by atoms with Crippen LogP contribution in [-0.2, 0) is 0 Å². The van der Waals surface area contributed by atoms with E-state index in [0.29, 0.717) is 0 Å². The van der Waals surface area contributed by atoms with Gasteiger partial charge in [0.2, 0.25) is 0 Å². The van der Waals surface area contributed by atoms with E-state index in [1.807, 2.05) is 19.2 Å². The molecule has 0 aliphatic heterocycles. The first-order valence-electron chi connectivity index (χ1n) is 5.93. The third-order valence-electron chi connectivity index (χ3n) is 2.65. The molecular weight excluding hydrogens is 198 g/mol. The number of hydrogen-bond donors (Lipinski definition) is 1. The molecule has 1 rings (SSSR count). The molecular formula is C13H21N3. The maximum atomic E-state index is 4.28. The molecule has 1 heterocycles. The predicted molar refractivity (Wildman–Crippen MR) is 67.1 cm³/mol. The minimum atomic E-state index is 0.282. The number of nitrogens with zero attached hydrogens (tertiary/aromatic N) is 2. The van der Waals surface area contributed by atoms with Crippen LogP contribution in [0.25, 0.3) is 0 Å². The molecule has 0 spiro atoms. The summed E-state index contributed by atoms with van der Waals surface area (Å²) in [5.41, 5.74) is 0. The molecule has 0 saturated carbocycles. The Balaban J connectivity index is 2.30. The molecule has 0 amide bonds. The van der Waals surface area contributed by atoms with Gasteiger partial charge in [-0.05, 0) is 32.4 Å². The molecule has 0 aliphatic rings. The molecule has 3 nitrogen and oxygen atoms in total. The Labute approximate surface area is 98.0 Å². The van der Waals surface area contributed by atoms with E-state index in [1.165, 1.54) is 19.3 Å². The van der Waals surface area contributed by atoms with Crippen LogP contribution in [0.3, 0.4) is 0 Å². The molecule has 0 saturated heterocycles. The molecule has 1 aromatic heterocycles. The van der Waals surface area contributed by atoms with Gasteiger partial charge in [0.25, 0.3) is 0 Å². The lowest BCUT2D eigenvalue weighted by atomic mass is 10.1. The number of rotatable bonds is 8. The lowest BCUT2D eigenvalue weighted by Gasteiger charge is -2.13. The van der Waals surface area contributed by atoms with Gasteiger partial charge in [-0.1, -0.05) is 18.9 Å². The average Bonchev–Trinajstić information content (AvgIpc) is 2.35. The zero-order valence-electron chi connectivity index (χ0n) is 10.0. The maximum Gasteiger partial charge on any atom is 0.145 e. The summed E-state index contributed by atoms with van der Waals surface area (Å²) in [5, 5.41) is 3.26. The Kier molecular flexibility index (Phi) is 6.42. The number of unbranched alkanes of at least 4 members (excludes halogenated alkanes) is 3. The van der Waals surface area contributed by atoms with E-state index < -0.39 is 0 Å². The fraction of sp³-hybridized carbons (Fsp3) is 0.538. The standard InChI is InChI=1S/C13H21N3/c1-3-4-5-6-7-9-12(14-2)13-15-10-8-11-16-13/h3,8,10-12,14H,1,4-7,9H2,2H3. The van der Waals surface area contributed by atoms with Crippen molar-refractivity contribution in [1.82, 2.24) is 15.3 Å². The smallest absolute Gasteiger partial charge is 0.145 e. The molecule has 0 bridgehead atoms. The normalized spacial score (nSPS) is 12.3. The Bertz CT molecular complexity index is 284. The Morgan fingerprint density at radius 2 is 2.06 bits per heavy atom. The van der Waals surface area contributed by atoms with Crippen LogP contribution in [-0.4, -0.2) is 17.0 Å². The van der Waals surface area contributed by atoms with Crippen molar-refractivity contribution in [3.63, 3.8) is 0 Å². The van der Waals surface area contributed by atoms with Crippen molar-refractivity contribution >= 4 is 0 Å². The van der Waals surface area contributed by atoms with Crippen LogP contribution in [0, 0.1) is 0 Å². The number of nitrogens with one attached hydrogen (secondary N) is 1. The van der Waals surface area contributed by atoms with Crippen molar-refractivity contribution < 1.29 is 0 Å². The van der Waals surface area contributed by atoms with Gasteiger partial charge in [-0.3, -0.25) is 0 Å². The van der Waals surface area contributed by atoms with Crippen molar-refractivity contribution in [1.29, 1.82) is 0 Å². The number of allylic oxidation sites excluding steroid dienone is 1. The van der Waals surface area contributed by atoms with Gasteiger partial charge >= 0.3 is 0 Å². The van der Waals surface area contributed by atoms with Crippen LogP contribution < -0.4 is 5.32 Å². The molecule has 1 aromatic rings. The minimum absolute atomic E-state index is 0.282. The zero-order valence-corrected chi connectivity index (χ0v) is 10.0. The summed E-state index contributed by atoms with van der Waals surface area (Å²) >= 11 is 0. The Morgan fingerprint density at radius 3 is 2.69 bits per heavy atom. The number of aromatic nitrogens is 2. The summed E-state index contributed by atoms with van der Waals surface area (Å²) < 4.78 is 0. The van der Waals surface area contributed by atoms with E-state index in [1.54, 1.807) is 12.4 Å². The fourth-order valence-electron chi connectivity index (χ4n) is 1.71. The predicted octanol–water partition coefficient (Wildman–Crippen LogP) is 2.87. The highest BCUT2D eigenvalue weighted by atomic mass is 15.0. The molecule has 1 atom stereocenters. The van der Waals surface area contributed by atoms with Crippen LogP contribution in [0.15, 0.2) is 31.1 Å². The molecule has 0 aromatic carbocycles. The topological polar surface area (TPSA) is 37.8 Å². The van der Waals surface area contributed by atoms with Gasteiger partial charge in [0, 0.05) is 12.4 Å². The van der Waals surface area contributed by atoms with Crippen LogP contribution in [0.5, 0.6) is 0 Å². The molecule has 1 unspecified atom stereocenters. The first kappa shape index (κ1) is 12.8. The first-order valence-corrected chi connectivity index (χ1v) is 5.93. The summed E-state index contributed by atoms with van der Waals surface area (Å²) in [6.07, 6.45) is 11.5. The average molecular weight is 219 g/mol. The fourth-order valence-corrected chi connectivity index (χ4v) is 1.71. The van der Waals surface area contributed by atoms with Crippen molar-refractivity contribution in [3.8, 4) is 0 Å². The SMILES string of the molecule is C=CCCCCCC(NC)c1ncccn1. The summed E-state index contributed by atoms with van der Waals surface area (Å²) in [6.45, 7) is 3.72. The summed E-state index contributed by atoms with van der Waals surface area (Å²) in [4.78, 5) is 8.55. The van der Waals surface area contributed by atoms with Gasteiger partial charge in [-0.25, -0.2) is 9.97 Å². The lowest BCUT2D eigenvalue weighted by Crippen LogP contribution is -2.18. The second-order valence-corrected chi connectivity index (χ2v) is 3.87. The van der Waals surface area contributed by atoms with Gasteiger partial charge in [0.15, 0.2) is 0 Å². The second-order valence-electron chi connectivity index (χ2n) is 3.87. The van der Waals surface area contributed by atoms with Gasteiger partial charge in [-0.2, -0.15) is 0 Å². The van der Waals surface area contributed by atoms with E-state index >= 15 is 0 Å². The van der Waals surface area contributed by atoms with Crippen LogP contribution in [0.4, 0.5) is 0 Å². The quantitative estimate of drug-likeness (QED) is 0.539. The third-order valence-corrected chi connectivity index (χ3v) is 2.65. The largest absolute Gasteiger partial charge is 0.310 e. The maximum absolute atomic E-state index is 4.28. The van der Waals surface area contributed by atoms with Crippen molar-refractivity contribution in [3.05, 3.63) is 36.9 Å². The lowest BCUT2D eigenvalue weighted by molar-refractivity contribution is 0.486. The third kappa shape index (κ3) is 4.53. The molecule has 88 valence electrons. The van der Waals surface area contributed by atoms with E-state index in [-0.39, 0.29) is 6.04 Å². The van der Waals surface area contributed by atoms with Gasteiger partial charge < -0.3 is 5.32 Å². The van der Waals surface area contributed by atoms with E-state index in [0.717, 1.165) is 18.7 Å². The molecule has 0 fully saturated rings. The van der Waals surface area contributed by atoms with E-state index in [2.05, 4.69) is 21.9 Å². The van der Waals surface area contributed by atoms with Gasteiger partial charge in [-0.15, -0.1) is 6.58 Å². The summed E-state index contributed by atoms with van der Waals surface area (Å²) in [6, 6.07) is 2.13. The van der Waals surface area contributed by atoms with Crippen LogP contribution >= 0.6 is 0 Å².